The van der Waals surface area contributed by atoms with Crippen LogP contribution in [0.5, 0.6) is 0 Å². The highest BCUT2D eigenvalue weighted by atomic mass is 79.9. The summed E-state index contributed by atoms with van der Waals surface area (Å²) in [5, 5.41) is 0. The zero-order chi connectivity index (χ0) is 9.26. The molecular weight excluding hydrogens is 230 g/mol. The average molecular weight is 238 g/mol. The molecule has 13 heavy (non-hydrogen) atoms. The van der Waals surface area contributed by atoms with Crippen LogP contribution in [-0.4, -0.2) is 4.98 Å². The summed E-state index contributed by atoms with van der Waals surface area (Å²) >= 11 is 3.47. The van der Waals surface area contributed by atoms with Gasteiger partial charge in [-0.2, -0.15) is 0 Å². The van der Waals surface area contributed by atoms with E-state index in [0.29, 0.717) is 0 Å². The number of oxazole rings is 1. The van der Waals surface area contributed by atoms with Crippen molar-refractivity contribution in [2.75, 3.05) is 0 Å². The van der Waals surface area contributed by atoms with Crippen LogP contribution in [0.4, 0.5) is 0 Å². The van der Waals surface area contributed by atoms with Crippen molar-refractivity contribution in [3.05, 3.63) is 40.9 Å². The normalized spacial score (nSPS) is 10.3. The van der Waals surface area contributed by atoms with Crippen LogP contribution in [0.15, 0.2) is 39.5 Å². The van der Waals surface area contributed by atoms with E-state index in [-0.39, 0.29) is 0 Å². The lowest BCUT2D eigenvalue weighted by molar-refractivity contribution is 0.527. The highest BCUT2D eigenvalue weighted by molar-refractivity contribution is 9.10. The van der Waals surface area contributed by atoms with Crippen molar-refractivity contribution in [3.63, 3.8) is 0 Å². The molecule has 1 heterocycles. The molecule has 0 aliphatic rings. The molecule has 0 amide bonds. The van der Waals surface area contributed by atoms with Crippen molar-refractivity contribution in [1.82, 2.24) is 4.98 Å². The lowest BCUT2D eigenvalue weighted by Crippen LogP contribution is -1.81. The Hall–Kier alpha value is -1.09. The number of nitrogens with zero attached hydrogens (tertiary/aromatic N) is 1. The number of aryl methyl sites for hydroxylation is 1. The molecule has 66 valence electrons. The lowest BCUT2D eigenvalue weighted by atomic mass is 10.1. The number of rotatable bonds is 1. The molecule has 0 spiro atoms. The molecule has 0 saturated carbocycles. The first kappa shape index (κ1) is 8.51. The molecule has 0 aliphatic heterocycles. The van der Waals surface area contributed by atoms with Gasteiger partial charge < -0.3 is 4.42 Å². The van der Waals surface area contributed by atoms with Crippen LogP contribution in [-0.2, 0) is 0 Å². The summed E-state index contributed by atoms with van der Waals surface area (Å²) in [6, 6.07) is 7.95. The molecule has 1 aromatic carbocycles. The highest BCUT2D eigenvalue weighted by Gasteiger charge is 2.08. The third-order valence-electron chi connectivity index (χ3n) is 1.87. The van der Waals surface area contributed by atoms with Crippen LogP contribution in [0, 0.1) is 6.92 Å². The topological polar surface area (TPSA) is 26.0 Å². The standard InChI is InChI=1S/C10H8BrNO/c1-7-10(12-6-13-7)8-4-2-3-5-9(8)11/h2-6H,1H3. The van der Waals surface area contributed by atoms with Gasteiger partial charge in [-0.15, -0.1) is 0 Å². The van der Waals surface area contributed by atoms with Crippen molar-refractivity contribution in [1.29, 1.82) is 0 Å². The minimum Gasteiger partial charge on any atom is -0.448 e. The van der Waals surface area contributed by atoms with Crippen LogP contribution in [0.2, 0.25) is 0 Å². The quantitative estimate of drug-likeness (QED) is 0.760. The van der Waals surface area contributed by atoms with Gasteiger partial charge in [0.25, 0.3) is 0 Å². The van der Waals surface area contributed by atoms with Crippen molar-refractivity contribution >= 4 is 15.9 Å². The van der Waals surface area contributed by atoms with Gasteiger partial charge in [-0.25, -0.2) is 4.98 Å². The van der Waals surface area contributed by atoms with Gasteiger partial charge in [0.15, 0.2) is 6.39 Å². The van der Waals surface area contributed by atoms with E-state index in [9.17, 15) is 0 Å². The van der Waals surface area contributed by atoms with E-state index >= 15 is 0 Å². The van der Waals surface area contributed by atoms with Gasteiger partial charge in [0, 0.05) is 10.0 Å². The van der Waals surface area contributed by atoms with Crippen LogP contribution in [0.1, 0.15) is 5.76 Å². The molecule has 2 nitrogen and oxygen atoms in total. The van der Waals surface area contributed by atoms with E-state index < -0.39 is 0 Å². The van der Waals surface area contributed by atoms with E-state index in [2.05, 4.69) is 20.9 Å². The summed E-state index contributed by atoms with van der Waals surface area (Å²) < 4.78 is 6.18. The predicted molar refractivity (Wildman–Crippen MR) is 54.4 cm³/mol. The Bertz CT molecular complexity index is 422. The smallest absolute Gasteiger partial charge is 0.181 e. The monoisotopic (exact) mass is 237 g/mol. The van der Waals surface area contributed by atoms with E-state index in [1.54, 1.807) is 0 Å². The first-order valence-electron chi connectivity index (χ1n) is 3.94. The maximum absolute atomic E-state index is 5.14. The van der Waals surface area contributed by atoms with E-state index in [4.69, 9.17) is 4.42 Å². The summed E-state index contributed by atoms with van der Waals surface area (Å²) in [7, 11) is 0. The molecule has 0 fully saturated rings. The number of halogens is 1. The summed E-state index contributed by atoms with van der Waals surface area (Å²) in [4.78, 5) is 4.15. The van der Waals surface area contributed by atoms with Crippen LogP contribution >= 0.6 is 15.9 Å². The first-order chi connectivity index (χ1) is 6.29. The third-order valence-corrected chi connectivity index (χ3v) is 2.57. The SMILES string of the molecule is Cc1ocnc1-c1ccccc1Br. The zero-order valence-corrected chi connectivity index (χ0v) is 8.71. The Morgan fingerprint density at radius 1 is 1.31 bits per heavy atom. The van der Waals surface area contributed by atoms with Crippen molar-refractivity contribution in [2.24, 2.45) is 0 Å². The lowest BCUT2D eigenvalue weighted by Gasteiger charge is -1.99. The Kier molecular flexibility index (Phi) is 2.19. The fraction of sp³-hybridized carbons (Fsp3) is 0.100. The van der Waals surface area contributed by atoms with Crippen molar-refractivity contribution in [2.45, 2.75) is 6.92 Å². The Labute approximate surface area is 84.7 Å². The van der Waals surface area contributed by atoms with Gasteiger partial charge in [-0.05, 0) is 13.0 Å². The second-order valence-electron chi connectivity index (χ2n) is 2.74. The minimum atomic E-state index is 0.840. The molecule has 0 unspecified atom stereocenters. The van der Waals surface area contributed by atoms with Gasteiger partial charge >= 0.3 is 0 Å². The predicted octanol–water partition coefficient (Wildman–Crippen LogP) is 3.41. The summed E-state index contributed by atoms with van der Waals surface area (Å²) in [5.41, 5.74) is 1.96. The molecule has 0 saturated heterocycles. The van der Waals surface area contributed by atoms with Crippen LogP contribution in [0.25, 0.3) is 11.3 Å². The molecule has 2 aromatic rings. The zero-order valence-electron chi connectivity index (χ0n) is 7.12. The number of hydrogen-bond donors (Lipinski definition) is 0. The number of benzene rings is 1. The van der Waals surface area contributed by atoms with Gasteiger partial charge in [0.2, 0.25) is 0 Å². The number of aromatic nitrogens is 1. The summed E-state index contributed by atoms with van der Waals surface area (Å²) in [5.74, 6) is 0.840. The minimum absolute atomic E-state index is 0.840. The first-order valence-corrected chi connectivity index (χ1v) is 4.73. The van der Waals surface area contributed by atoms with Gasteiger partial charge in [0.05, 0.1) is 0 Å². The van der Waals surface area contributed by atoms with E-state index in [0.717, 1.165) is 21.5 Å². The highest BCUT2D eigenvalue weighted by Crippen LogP contribution is 2.28. The molecular formula is C10H8BrNO. The maximum atomic E-state index is 5.14. The van der Waals surface area contributed by atoms with E-state index in [1.165, 1.54) is 6.39 Å². The molecule has 3 heteroatoms. The van der Waals surface area contributed by atoms with Crippen LogP contribution < -0.4 is 0 Å². The summed E-state index contributed by atoms with van der Waals surface area (Å²) in [6.07, 6.45) is 1.46. The fourth-order valence-corrected chi connectivity index (χ4v) is 1.69. The Morgan fingerprint density at radius 2 is 2.08 bits per heavy atom. The van der Waals surface area contributed by atoms with Gasteiger partial charge in [-0.3, -0.25) is 0 Å². The molecule has 0 aliphatic carbocycles. The largest absolute Gasteiger partial charge is 0.448 e. The second kappa shape index (κ2) is 3.34. The van der Waals surface area contributed by atoms with Crippen molar-refractivity contribution in [3.8, 4) is 11.3 Å². The number of hydrogen-bond acceptors (Lipinski definition) is 2. The molecule has 0 bridgehead atoms. The fourth-order valence-electron chi connectivity index (χ4n) is 1.22. The second-order valence-corrected chi connectivity index (χ2v) is 3.59. The average Bonchev–Trinajstić information content (AvgIpc) is 2.52. The van der Waals surface area contributed by atoms with E-state index in [1.807, 2.05) is 31.2 Å². The van der Waals surface area contributed by atoms with Crippen LogP contribution in [0.3, 0.4) is 0 Å². The van der Waals surface area contributed by atoms with Crippen molar-refractivity contribution < 1.29 is 4.42 Å². The summed E-state index contributed by atoms with van der Waals surface area (Å²) in [6.45, 7) is 1.90. The van der Waals surface area contributed by atoms with Gasteiger partial charge in [0.1, 0.15) is 11.5 Å². The molecule has 0 N–H and O–H groups in total. The third kappa shape index (κ3) is 1.52. The molecule has 0 radical (unpaired) electrons. The molecule has 0 atom stereocenters. The molecule has 2 rings (SSSR count). The Balaban J connectivity index is 2.59. The molecule has 1 aromatic heterocycles. The van der Waals surface area contributed by atoms with Gasteiger partial charge in [-0.1, -0.05) is 34.1 Å². The Morgan fingerprint density at radius 3 is 2.69 bits per heavy atom. The maximum Gasteiger partial charge on any atom is 0.181 e.